The van der Waals surface area contributed by atoms with E-state index in [-0.39, 0.29) is 109 Å². The smallest absolute Gasteiger partial charge is 0.870 e. The topological polar surface area (TPSA) is 571 Å². The second kappa shape index (κ2) is 142. The molecule has 20 nitrogen and oxygen atoms in total. The summed E-state index contributed by atoms with van der Waals surface area (Å²) in [5, 5.41) is 16.7. The Kier molecular flexibility index (Phi) is 1630. The van der Waals surface area contributed by atoms with Crippen molar-refractivity contribution in [3.05, 3.63) is 0 Å². The van der Waals surface area contributed by atoms with Crippen LogP contribution in [0.15, 0.2) is 0 Å². The van der Waals surface area contributed by atoms with Gasteiger partial charge in [-0.05, 0) is 6.16 Å². The molecule has 0 aliphatic rings. The third kappa shape index (κ3) is 68400. The van der Waals surface area contributed by atoms with Gasteiger partial charge in [0.2, 0.25) is 0 Å². The summed E-state index contributed by atoms with van der Waals surface area (Å²) in [6.45, 7) is 0. The molecule has 0 aliphatic carbocycles. The molecule has 0 amide bonds. The third-order valence-corrected chi connectivity index (χ3v) is 0. The van der Waals surface area contributed by atoms with Crippen molar-refractivity contribution in [3.8, 4) is 0 Å². The van der Waals surface area contributed by atoms with Gasteiger partial charge in [0.05, 0.1) is 0 Å². The molecule has 0 aliphatic heterocycles. The summed E-state index contributed by atoms with van der Waals surface area (Å²) >= 11 is 0. The predicted octanol–water partition coefficient (Wildman–Crippen LogP) is -7.30. The molecule has 30 N–H and O–H groups in total. The fraction of sp³-hybridized carbons (Fsp3) is 0. The maximum Gasteiger partial charge on any atom is 3.00 e. The zero-order chi connectivity index (χ0) is 8.08. The van der Waals surface area contributed by atoms with E-state index in [1.165, 1.54) is 0 Å². The molecule has 0 spiro atoms. The van der Waals surface area contributed by atoms with E-state index < -0.39 is 16.6 Å². The van der Waals surface area contributed by atoms with E-state index in [0.717, 1.165) is 0 Å². The van der Waals surface area contributed by atoms with Crippen molar-refractivity contribution in [3.63, 3.8) is 0 Å². The second-order valence-electron chi connectivity index (χ2n) is 0.658. The van der Waals surface area contributed by atoms with Crippen LogP contribution in [-0.4, -0.2) is 62.0 Å². The van der Waals surface area contributed by atoms with Gasteiger partial charge in [-0.25, -0.2) is 0 Å². The Morgan fingerprint density at radius 3 is 0.583 bits per heavy atom. The summed E-state index contributed by atoms with van der Waals surface area (Å²) in [6, 6.07) is 0. The molecule has 24 heavy (non-hydrogen) atoms. The van der Waals surface area contributed by atoms with Crippen molar-refractivity contribution in [2.75, 3.05) is 0 Å². The molecule has 0 bridgehead atoms. The molecule has 0 unspecified atom stereocenters. The van der Waals surface area contributed by atoms with Crippen molar-refractivity contribution < 1.29 is 104 Å². The maximum absolute atomic E-state index is 8.52. The zero-order valence-electron chi connectivity index (χ0n) is 12.1. The molecule has 0 aromatic heterocycles. The minimum Gasteiger partial charge on any atom is -0.870 e. The van der Waals surface area contributed by atoms with E-state index in [1.54, 1.807) is 0 Å². The summed E-state index contributed by atoms with van der Waals surface area (Å²) in [6.07, 6.45) is -2.33. The van der Waals surface area contributed by atoms with Crippen LogP contribution in [0.3, 0.4) is 0 Å². The Bertz CT molecular complexity index is 182. The number of hydrogen-bond donors (Lipinski definition) is 6. The Morgan fingerprint density at radius 2 is 0.583 bits per heavy atom. The Hall–Kier alpha value is -0.367. The molecule has 23 heteroatoms. The first-order valence-electron chi connectivity index (χ1n) is 1.28. The van der Waals surface area contributed by atoms with E-state index in [4.69, 9.17) is 32.5 Å². The number of rotatable bonds is 0. The van der Waals surface area contributed by atoms with Crippen molar-refractivity contribution in [2.24, 2.45) is 0 Å². The summed E-state index contributed by atoms with van der Waals surface area (Å²) in [4.78, 5) is 8.33. The maximum atomic E-state index is 8.52. The van der Waals surface area contributed by atoms with Crippen LogP contribution in [0.5, 0.6) is 0 Å². The Balaban J connectivity index is -0.00000000168. The van der Waals surface area contributed by atoms with Gasteiger partial charge in [0.15, 0.2) is 0 Å². The fourth-order valence-corrected chi connectivity index (χ4v) is 0. The van der Waals surface area contributed by atoms with Crippen LogP contribution in [0, 0.1) is 0 Å². The number of hydrogen-bond acceptors (Lipinski definition) is 15. The normalized spacial score (nSPS) is 3.42. The SMILES string of the molecule is N.N.N.N.N.N.O.O.O.O.O.O=C([O-])[O-].O=S(=O)([O-])[O-].[Co+3].[Co+3].[OH-].[OH-]. The van der Waals surface area contributed by atoms with Crippen molar-refractivity contribution >= 4 is 16.6 Å². The van der Waals surface area contributed by atoms with Crippen LogP contribution in [-0.2, 0) is 44.0 Å². The number of carboxylic acid groups (broad SMARTS) is 2. The Labute approximate surface area is 158 Å². The fourth-order valence-electron chi connectivity index (χ4n) is 0. The molecule has 0 rings (SSSR count). The molecule has 172 valence electrons. The van der Waals surface area contributed by atoms with E-state index in [2.05, 4.69) is 0 Å². The summed E-state index contributed by atoms with van der Waals surface area (Å²) < 4.78 is 34.1. The molecule has 0 saturated heterocycles. The Morgan fingerprint density at radius 1 is 0.583 bits per heavy atom. The van der Waals surface area contributed by atoms with Gasteiger partial charge in [-0.1, -0.05) is 0 Å². The first-order chi connectivity index (χ1) is 3.73. The van der Waals surface area contributed by atoms with E-state index >= 15 is 0 Å². The molecular formula is CH30Co2N6O14S. The average molecular weight is 500 g/mol. The monoisotopic (exact) mass is 500 g/mol. The minimum atomic E-state index is -5.17. The first kappa shape index (κ1) is 275. The van der Waals surface area contributed by atoms with Crippen molar-refractivity contribution in [1.29, 1.82) is 0 Å². The molecule has 0 atom stereocenters. The second-order valence-corrected chi connectivity index (χ2v) is 1.47. The van der Waals surface area contributed by atoms with Crippen molar-refractivity contribution in [2.45, 2.75) is 0 Å². The van der Waals surface area contributed by atoms with Crippen LogP contribution in [0.2, 0.25) is 0 Å². The average Bonchev–Trinajstić information content (AvgIpc) is 1.19. The van der Waals surface area contributed by atoms with Gasteiger partial charge >= 0.3 is 33.6 Å². The van der Waals surface area contributed by atoms with Crippen LogP contribution in [0.25, 0.3) is 0 Å². The number of carbonyl (C=O) groups excluding carboxylic acids is 1. The molecular weight excluding hydrogens is 470 g/mol. The van der Waals surface area contributed by atoms with Crippen LogP contribution < -0.4 is 47.1 Å². The van der Waals surface area contributed by atoms with Crippen LogP contribution in [0.1, 0.15) is 0 Å². The molecule has 0 aromatic rings. The van der Waals surface area contributed by atoms with Crippen molar-refractivity contribution in [1.82, 2.24) is 36.9 Å². The largest absolute Gasteiger partial charge is 3.00 e. The van der Waals surface area contributed by atoms with Crippen LogP contribution >= 0.6 is 0 Å². The molecule has 0 radical (unpaired) electrons. The van der Waals surface area contributed by atoms with Gasteiger partial charge < -0.3 is 99.3 Å². The molecule has 0 heterocycles. The summed E-state index contributed by atoms with van der Waals surface area (Å²) in [5.74, 6) is 0. The summed E-state index contributed by atoms with van der Waals surface area (Å²) in [7, 11) is -5.17. The van der Waals surface area contributed by atoms with Gasteiger partial charge in [-0.3, -0.25) is 8.42 Å². The van der Waals surface area contributed by atoms with E-state index in [9.17, 15) is 0 Å². The first-order valence-corrected chi connectivity index (χ1v) is 2.61. The minimum absolute atomic E-state index is 0. The van der Waals surface area contributed by atoms with Gasteiger partial charge in [0.25, 0.3) is 0 Å². The quantitative estimate of drug-likeness (QED) is 0.133. The molecule has 0 fully saturated rings. The zero-order valence-corrected chi connectivity index (χ0v) is 15.0. The molecule has 0 saturated carbocycles. The number of carbonyl (C=O) groups is 1. The van der Waals surface area contributed by atoms with Gasteiger partial charge in [0, 0.05) is 10.4 Å². The van der Waals surface area contributed by atoms with Gasteiger partial charge in [-0.2, -0.15) is 0 Å². The van der Waals surface area contributed by atoms with Gasteiger partial charge in [0.1, 0.15) is 0 Å². The van der Waals surface area contributed by atoms with E-state index in [1.807, 2.05) is 0 Å². The van der Waals surface area contributed by atoms with E-state index in [0.29, 0.717) is 0 Å². The third-order valence-electron chi connectivity index (χ3n) is 0. The summed E-state index contributed by atoms with van der Waals surface area (Å²) in [5.41, 5.74) is 0. The standard InChI is InChI=1S/CH2O3.2Co.6H3N.H2O4S.7H2O/c2-1(3)4;;;;;;;;;1-5(2,3)4;;;;;;;/h(H2,2,3,4);;;6*1H3;(H2,1,2,3,4);7*1H2/q;2*+3;;;;;;;;;;;;;;/p-6. The molecule has 0 aromatic carbocycles. The predicted molar refractivity (Wildman–Crippen MR) is 67.9 cm³/mol. The van der Waals surface area contributed by atoms with Gasteiger partial charge in [-0.15, -0.1) is 0 Å². The van der Waals surface area contributed by atoms with Crippen LogP contribution in [0.4, 0.5) is 4.79 Å².